The number of aryl methyl sites for hydroxylation is 2. The van der Waals surface area contributed by atoms with Crippen molar-refractivity contribution in [1.82, 2.24) is 0 Å². The molecular weight excluding hydrogens is 272 g/mol. The molecule has 1 atom stereocenters. The summed E-state index contributed by atoms with van der Waals surface area (Å²) in [5, 5.41) is 6.80. The minimum Gasteiger partial charge on any atom is -0.370 e. The van der Waals surface area contributed by atoms with Gasteiger partial charge in [-0.25, -0.2) is 0 Å². The van der Waals surface area contributed by atoms with Crippen LogP contribution in [0.5, 0.6) is 0 Å². The van der Waals surface area contributed by atoms with Gasteiger partial charge in [0.25, 0.3) is 5.91 Å². The third-order valence-electron chi connectivity index (χ3n) is 3.53. The first-order valence-corrected chi connectivity index (χ1v) is 6.86. The van der Waals surface area contributed by atoms with Gasteiger partial charge in [-0.15, -0.1) is 0 Å². The van der Waals surface area contributed by atoms with Crippen molar-refractivity contribution in [1.29, 1.82) is 0 Å². The van der Waals surface area contributed by atoms with Crippen LogP contribution in [0.2, 0.25) is 5.02 Å². The first-order valence-electron chi connectivity index (χ1n) is 6.49. The van der Waals surface area contributed by atoms with Crippen molar-refractivity contribution < 1.29 is 4.79 Å². The second-order valence-corrected chi connectivity index (χ2v) is 5.55. The fourth-order valence-corrected chi connectivity index (χ4v) is 2.69. The summed E-state index contributed by atoms with van der Waals surface area (Å²) in [5.41, 5.74) is 4.99. The zero-order valence-electron chi connectivity index (χ0n) is 11.3. The van der Waals surface area contributed by atoms with E-state index in [1.54, 1.807) is 6.07 Å². The normalized spacial score (nSPS) is 16.8. The molecule has 0 radical (unpaired) electrons. The molecule has 0 bridgehead atoms. The largest absolute Gasteiger partial charge is 0.370 e. The number of fused-ring (bicyclic) bond motifs is 1. The Balaban J connectivity index is 1.95. The standard InChI is InChI=1S/C16H15ClN2O/c1-9-3-5-13(10(2)7-9)18-15-12-8-11(17)4-6-14(12)19-16(15)20/h3-8,15,18H,1-2H3,(H,19,20). The molecule has 4 heteroatoms. The molecule has 0 aliphatic carbocycles. The number of hydrogen-bond acceptors (Lipinski definition) is 2. The summed E-state index contributed by atoms with van der Waals surface area (Å²) in [6, 6.07) is 11.2. The second-order valence-electron chi connectivity index (χ2n) is 5.12. The van der Waals surface area contributed by atoms with Gasteiger partial charge in [-0.2, -0.15) is 0 Å². The van der Waals surface area contributed by atoms with Crippen LogP contribution in [0.3, 0.4) is 0 Å². The maximum atomic E-state index is 12.1. The first kappa shape index (κ1) is 13.0. The van der Waals surface area contributed by atoms with Crippen LogP contribution in [0.15, 0.2) is 36.4 Å². The van der Waals surface area contributed by atoms with E-state index in [9.17, 15) is 4.79 Å². The molecule has 1 aliphatic heterocycles. The number of rotatable bonds is 2. The lowest BCUT2D eigenvalue weighted by molar-refractivity contribution is -0.116. The van der Waals surface area contributed by atoms with Gasteiger partial charge in [0.15, 0.2) is 0 Å². The van der Waals surface area contributed by atoms with E-state index < -0.39 is 6.04 Å². The zero-order valence-corrected chi connectivity index (χ0v) is 12.1. The number of benzene rings is 2. The Hall–Kier alpha value is -2.00. The molecule has 0 fully saturated rings. The number of amides is 1. The van der Waals surface area contributed by atoms with Crippen molar-refractivity contribution in [3.8, 4) is 0 Å². The number of halogens is 1. The molecule has 3 rings (SSSR count). The molecule has 1 heterocycles. The number of hydrogen-bond donors (Lipinski definition) is 2. The van der Waals surface area contributed by atoms with Gasteiger partial charge in [-0.05, 0) is 43.7 Å². The minimum atomic E-state index is -0.398. The third-order valence-corrected chi connectivity index (χ3v) is 3.76. The third kappa shape index (κ3) is 2.25. The van der Waals surface area contributed by atoms with E-state index in [4.69, 9.17) is 11.6 Å². The van der Waals surface area contributed by atoms with Crippen molar-refractivity contribution in [3.05, 3.63) is 58.1 Å². The van der Waals surface area contributed by atoms with Gasteiger partial charge in [0.05, 0.1) is 0 Å². The van der Waals surface area contributed by atoms with Crippen molar-refractivity contribution in [2.24, 2.45) is 0 Å². The number of carbonyl (C=O) groups is 1. The van der Waals surface area contributed by atoms with Crippen molar-refractivity contribution >= 4 is 28.9 Å². The topological polar surface area (TPSA) is 41.1 Å². The van der Waals surface area contributed by atoms with Gasteiger partial charge in [0.1, 0.15) is 6.04 Å². The lowest BCUT2D eigenvalue weighted by Crippen LogP contribution is -2.20. The highest BCUT2D eigenvalue weighted by Gasteiger charge is 2.30. The fraction of sp³-hybridized carbons (Fsp3) is 0.188. The van der Waals surface area contributed by atoms with Gasteiger partial charge in [0, 0.05) is 22.0 Å². The van der Waals surface area contributed by atoms with Gasteiger partial charge in [0.2, 0.25) is 0 Å². The van der Waals surface area contributed by atoms with E-state index in [1.807, 2.05) is 38.1 Å². The Morgan fingerprint density at radius 2 is 1.95 bits per heavy atom. The highest BCUT2D eigenvalue weighted by Crippen LogP contribution is 2.35. The van der Waals surface area contributed by atoms with E-state index in [0.29, 0.717) is 5.02 Å². The maximum Gasteiger partial charge on any atom is 0.251 e. The van der Waals surface area contributed by atoms with Crippen LogP contribution in [0.4, 0.5) is 11.4 Å². The van der Waals surface area contributed by atoms with Crippen LogP contribution in [-0.4, -0.2) is 5.91 Å². The fourth-order valence-electron chi connectivity index (χ4n) is 2.51. The maximum absolute atomic E-state index is 12.1. The van der Waals surface area contributed by atoms with E-state index in [0.717, 1.165) is 22.5 Å². The van der Waals surface area contributed by atoms with Crippen LogP contribution in [0.1, 0.15) is 22.7 Å². The summed E-state index contributed by atoms with van der Waals surface area (Å²) in [6.07, 6.45) is 0. The monoisotopic (exact) mass is 286 g/mol. The van der Waals surface area contributed by atoms with Crippen LogP contribution < -0.4 is 10.6 Å². The Bertz CT molecular complexity index is 697. The highest BCUT2D eigenvalue weighted by atomic mass is 35.5. The lowest BCUT2D eigenvalue weighted by Gasteiger charge is -2.15. The molecule has 1 unspecified atom stereocenters. The molecule has 102 valence electrons. The van der Waals surface area contributed by atoms with E-state index >= 15 is 0 Å². The average Bonchev–Trinajstić information content (AvgIpc) is 2.69. The minimum absolute atomic E-state index is 0.0535. The molecule has 2 aromatic carbocycles. The SMILES string of the molecule is Cc1ccc(NC2C(=O)Nc3ccc(Cl)cc32)c(C)c1. The number of nitrogens with one attached hydrogen (secondary N) is 2. The number of anilines is 2. The van der Waals surface area contributed by atoms with Crippen LogP contribution in [0.25, 0.3) is 0 Å². The van der Waals surface area contributed by atoms with E-state index in [-0.39, 0.29) is 5.91 Å². The van der Waals surface area contributed by atoms with E-state index in [1.165, 1.54) is 5.56 Å². The molecule has 1 amide bonds. The van der Waals surface area contributed by atoms with Gasteiger partial charge >= 0.3 is 0 Å². The summed E-state index contributed by atoms with van der Waals surface area (Å²) in [4.78, 5) is 12.1. The second kappa shape index (κ2) is 4.84. The Kier molecular flexibility index (Phi) is 3.14. The molecule has 0 saturated heterocycles. The summed E-state index contributed by atoms with van der Waals surface area (Å²) >= 11 is 6.02. The Morgan fingerprint density at radius 3 is 2.70 bits per heavy atom. The van der Waals surface area contributed by atoms with Crippen LogP contribution in [-0.2, 0) is 4.79 Å². The van der Waals surface area contributed by atoms with Gasteiger partial charge < -0.3 is 10.6 Å². The molecule has 0 spiro atoms. The summed E-state index contributed by atoms with van der Waals surface area (Å²) in [5.74, 6) is -0.0535. The van der Waals surface area contributed by atoms with Gasteiger partial charge in [-0.3, -0.25) is 4.79 Å². The predicted molar refractivity (Wildman–Crippen MR) is 82.4 cm³/mol. The first-order chi connectivity index (χ1) is 9.54. The predicted octanol–water partition coefficient (Wildman–Crippen LogP) is 4.06. The summed E-state index contributed by atoms with van der Waals surface area (Å²) in [6.45, 7) is 4.08. The van der Waals surface area contributed by atoms with Crippen molar-refractivity contribution in [2.75, 3.05) is 10.6 Å². The molecule has 2 N–H and O–H groups in total. The lowest BCUT2D eigenvalue weighted by atomic mass is 10.1. The molecule has 3 nitrogen and oxygen atoms in total. The summed E-state index contributed by atoms with van der Waals surface area (Å²) < 4.78 is 0. The highest BCUT2D eigenvalue weighted by molar-refractivity contribution is 6.31. The smallest absolute Gasteiger partial charge is 0.251 e. The Morgan fingerprint density at radius 1 is 1.15 bits per heavy atom. The van der Waals surface area contributed by atoms with Crippen molar-refractivity contribution in [2.45, 2.75) is 19.9 Å². The molecule has 0 saturated carbocycles. The van der Waals surface area contributed by atoms with E-state index in [2.05, 4.69) is 16.7 Å². The molecule has 0 aromatic heterocycles. The van der Waals surface area contributed by atoms with Crippen LogP contribution in [0, 0.1) is 13.8 Å². The molecule has 2 aromatic rings. The Labute approximate surface area is 123 Å². The van der Waals surface area contributed by atoms with Crippen molar-refractivity contribution in [3.63, 3.8) is 0 Å². The molecular formula is C16H15ClN2O. The zero-order chi connectivity index (χ0) is 14.3. The van der Waals surface area contributed by atoms with Gasteiger partial charge in [-0.1, -0.05) is 29.3 Å². The molecule has 20 heavy (non-hydrogen) atoms. The van der Waals surface area contributed by atoms with Crippen LogP contribution >= 0.6 is 11.6 Å². The number of carbonyl (C=O) groups excluding carboxylic acids is 1. The average molecular weight is 287 g/mol. The summed E-state index contributed by atoms with van der Waals surface area (Å²) in [7, 11) is 0. The molecule has 1 aliphatic rings. The quantitative estimate of drug-likeness (QED) is 0.874.